The molecule has 1 aromatic heterocycles. The Bertz CT molecular complexity index is 485. The molecule has 0 saturated carbocycles. The Kier molecular flexibility index (Phi) is 3.05. The summed E-state index contributed by atoms with van der Waals surface area (Å²) >= 11 is 0. The topological polar surface area (TPSA) is 54.3 Å². The molecule has 1 aromatic rings. The fourth-order valence-corrected chi connectivity index (χ4v) is 3.48. The number of carbonyl (C=O) groups is 1. The molecule has 1 amide bonds. The first-order valence-electron chi connectivity index (χ1n) is 6.97. The Hall–Kier alpha value is -1.43. The quantitative estimate of drug-likeness (QED) is 0.775. The van der Waals surface area contributed by atoms with Crippen LogP contribution in [0, 0.1) is 0 Å². The molecule has 2 saturated heterocycles. The summed E-state index contributed by atoms with van der Waals surface area (Å²) < 4.78 is 1.93. The zero-order valence-electron chi connectivity index (χ0n) is 11.7. The van der Waals surface area contributed by atoms with Crippen LogP contribution in [0.4, 0.5) is 0 Å². The lowest BCUT2D eigenvalue weighted by molar-refractivity contribution is -0.146. The van der Waals surface area contributed by atoms with E-state index in [0.717, 1.165) is 51.1 Å². The summed E-state index contributed by atoms with van der Waals surface area (Å²) in [7, 11) is 3.87. The number of likely N-dealkylation sites (N-methyl/N-ethyl adjacent to an activating group) is 1. The van der Waals surface area contributed by atoms with E-state index in [-0.39, 0.29) is 5.54 Å². The Labute approximate surface area is 113 Å². The molecule has 104 valence electrons. The van der Waals surface area contributed by atoms with E-state index in [1.54, 1.807) is 6.33 Å². The Morgan fingerprint density at radius 3 is 2.68 bits per heavy atom. The summed E-state index contributed by atoms with van der Waals surface area (Å²) in [6.45, 7) is 2.58. The summed E-state index contributed by atoms with van der Waals surface area (Å²) in [4.78, 5) is 16.8. The van der Waals surface area contributed by atoms with Gasteiger partial charge >= 0.3 is 0 Å². The average molecular weight is 263 g/mol. The fraction of sp³-hybridized carbons (Fsp3) is 0.769. The maximum Gasteiger partial charge on any atom is 0.242 e. The lowest BCUT2D eigenvalue weighted by Crippen LogP contribution is -2.58. The van der Waals surface area contributed by atoms with Crippen molar-refractivity contribution in [2.45, 2.75) is 37.8 Å². The van der Waals surface area contributed by atoms with Gasteiger partial charge in [0.2, 0.25) is 5.91 Å². The van der Waals surface area contributed by atoms with Crippen LogP contribution in [-0.2, 0) is 18.4 Å². The Morgan fingerprint density at radius 1 is 1.26 bits per heavy atom. The van der Waals surface area contributed by atoms with Gasteiger partial charge in [0.15, 0.2) is 0 Å². The van der Waals surface area contributed by atoms with Crippen molar-refractivity contribution in [2.75, 3.05) is 20.1 Å². The zero-order valence-corrected chi connectivity index (χ0v) is 11.7. The molecule has 0 aromatic carbocycles. The summed E-state index contributed by atoms with van der Waals surface area (Å²) in [5.74, 6) is 1.22. The number of aromatic nitrogens is 3. The molecule has 0 N–H and O–H groups in total. The van der Waals surface area contributed by atoms with E-state index < -0.39 is 0 Å². The van der Waals surface area contributed by atoms with Gasteiger partial charge in [0.05, 0.1) is 6.54 Å². The first-order valence-corrected chi connectivity index (χ1v) is 6.97. The van der Waals surface area contributed by atoms with Gasteiger partial charge in [-0.15, -0.1) is 10.2 Å². The van der Waals surface area contributed by atoms with Crippen LogP contribution in [0.5, 0.6) is 0 Å². The van der Waals surface area contributed by atoms with Crippen LogP contribution in [0.1, 0.15) is 31.5 Å². The van der Waals surface area contributed by atoms with Crippen LogP contribution in [-0.4, -0.2) is 56.1 Å². The molecule has 1 unspecified atom stereocenters. The number of hydrogen-bond donors (Lipinski definition) is 0. The number of piperidine rings is 1. The molecule has 6 heteroatoms. The van der Waals surface area contributed by atoms with Crippen molar-refractivity contribution in [1.29, 1.82) is 0 Å². The summed E-state index contributed by atoms with van der Waals surface area (Å²) in [5.41, 5.74) is -0.279. The molecule has 0 aliphatic carbocycles. The third kappa shape index (κ3) is 1.94. The first kappa shape index (κ1) is 12.6. The predicted octanol–water partition coefficient (Wildman–Crippen LogP) is 0.402. The molecule has 2 aliphatic rings. The SMILES string of the molecule is CN1CCCC2(CCCN2Cc2nncn2C)C1=O. The molecule has 2 aliphatic heterocycles. The molecule has 3 rings (SSSR count). The van der Waals surface area contributed by atoms with Crippen LogP contribution < -0.4 is 0 Å². The van der Waals surface area contributed by atoms with Crippen molar-refractivity contribution in [3.05, 3.63) is 12.2 Å². The van der Waals surface area contributed by atoms with Crippen molar-refractivity contribution >= 4 is 5.91 Å². The third-order valence-corrected chi connectivity index (χ3v) is 4.59. The zero-order chi connectivity index (χ0) is 13.5. The van der Waals surface area contributed by atoms with Crippen molar-refractivity contribution in [1.82, 2.24) is 24.6 Å². The average Bonchev–Trinajstić information content (AvgIpc) is 2.96. The second kappa shape index (κ2) is 4.59. The molecule has 0 radical (unpaired) electrons. The number of likely N-dealkylation sites (tertiary alicyclic amines) is 2. The normalized spacial score (nSPS) is 28.5. The third-order valence-electron chi connectivity index (χ3n) is 4.59. The van der Waals surface area contributed by atoms with Gasteiger partial charge in [-0.3, -0.25) is 9.69 Å². The minimum atomic E-state index is -0.279. The van der Waals surface area contributed by atoms with Gasteiger partial charge < -0.3 is 9.47 Å². The monoisotopic (exact) mass is 263 g/mol. The van der Waals surface area contributed by atoms with Gasteiger partial charge in [-0.25, -0.2) is 0 Å². The Balaban J connectivity index is 1.84. The van der Waals surface area contributed by atoms with Gasteiger partial charge in [0.1, 0.15) is 17.7 Å². The first-order chi connectivity index (χ1) is 9.13. The highest BCUT2D eigenvalue weighted by Crippen LogP contribution is 2.38. The van der Waals surface area contributed by atoms with Crippen LogP contribution in [0.25, 0.3) is 0 Å². The van der Waals surface area contributed by atoms with E-state index in [1.165, 1.54) is 0 Å². The highest BCUT2D eigenvalue weighted by Gasteiger charge is 2.50. The van der Waals surface area contributed by atoms with E-state index in [1.807, 2.05) is 23.6 Å². The minimum absolute atomic E-state index is 0.279. The van der Waals surface area contributed by atoms with Crippen molar-refractivity contribution in [2.24, 2.45) is 7.05 Å². The lowest BCUT2D eigenvalue weighted by Gasteiger charge is -2.43. The molecule has 6 nitrogen and oxygen atoms in total. The second-order valence-electron chi connectivity index (χ2n) is 5.75. The Morgan fingerprint density at radius 2 is 2.00 bits per heavy atom. The molecule has 19 heavy (non-hydrogen) atoms. The van der Waals surface area contributed by atoms with E-state index in [2.05, 4.69) is 15.1 Å². The van der Waals surface area contributed by atoms with Gasteiger partial charge in [-0.05, 0) is 32.2 Å². The van der Waals surface area contributed by atoms with Crippen LogP contribution in [0.3, 0.4) is 0 Å². The maximum atomic E-state index is 12.6. The van der Waals surface area contributed by atoms with E-state index in [0.29, 0.717) is 5.91 Å². The molecular weight excluding hydrogens is 242 g/mol. The summed E-state index contributed by atoms with van der Waals surface area (Å²) in [6.07, 6.45) is 5.87. The fourth-order valence-electron chi connectivity index (χ4n) is 3.48. The van der Waals surface area contributed by atoms with Gasteiger partial charge in [0, 0.05) is 20.6 Å². The largest absolute Gasteiger partial charge is 0.344 e. The van der Waals surface area contributed by atoms with E-state index in [9.17, 15) is 4.79 Å². The smallest absolute Gasteiger partial charge is 0.242 e. The standard InChI is InChI=1S/C13H21N5O/c1-16-7-3-5-13(12(16)19)6-4-8-18(13)9-11-15-14-10-17(11)2/h10H,3-9H2,1-2H3. The van der Waals surface area contributed by atoms with Crippen molar-refractivity contribution in [3.63, 3.8) is 0 Å². The van der Waals surface area contributed by atoms with Crippen LogP contribution in [0.15, 0.2) is 6.33 Å². The highest BCUT2D eigenvalue weighted by atomic mass is 16.2. The highest BCUT2D eigenvalue weighted by molar-refractivity contribution is 5.87. The molecule has 1 spiro atoms. The minimum Gasteiger partial charge on any atom is -0.344 e. The number of hydrogen-bond acceptors (Lipinski definition) is 4. The van der Waals surface area contributed by atoms with E-state index >= 15 is 0 Å². The molecule has 1 atom stereocenters. The van der Waals surface area contributed by atoms with E-state index in [4.69, 9.17) is 0 Å². The van der Waals surface area contributed by atoms with Crippen LogP contribution in [0.2, 0.25) is 0 Å². The number of carbonyl (C=O) groups excluding carboxylic acids is 1. The summed E-state index contributed by atoms with van der Waals surface area (Å²) in [5, 5.41) is 8.07. The van der Waals surface area contributed by atoms with Crippen molar-refractivity contribution < 1.29 is 4.79 Å². The van der Waals surface area contributed by atoms with Gasteiger partial charge in [-0.2, -0.15) is 0 Å². The maximum absolute atomic E-state index is 12.6. The molecule has 2 fully saturated rings. The number of amides is 1. The van der Waals surface area contributed by atoms with Crippen molar-refractivity contribution in [3.8, 4) is 0 Å². The molecule has 3 heterocycles. The predicted molar refractivity (Wildman–Crippen MR) is 70.2 cm³/mol. The second-order valence-corrected chi connectivity index (χ2v) is 5.75. The molecular formula is C13H21N5O. The number of nitrogens with zero attached hydrogens (tertiary/aromatic N) is 5. The number of aryl methyl sites for hydroxylation is 1. The lowest BCUT2D eigenvalue weighted by atomic mass is 9.85. The summed E-state index contributed by atoms with van der Waals surface area (Å²) in [6, 6.07) is 0. The van der Waals surface area contributed by atoms with Gasteiger partial charge in [0.25, 0.3) is 0 Å². The number of rotatable bonds is 2. The van der Waals surface area contributed by atoms with Gasteiger partial charge in [-0.1, -0.05) is 0 Å². The van der Waals surface area contributed by atoms with Crippen LogP contribution >= 0.6 is 0 Å². The molecule has 0 bridgehead atoms.